The molecule has 0 spiro atoms. The first-order valence-corrected chi connectivity index (χ1v) is 5.65. The summed E-state index contributed by atoms with van der Waals surface area (Å²) >= 11 is 0. The van der Waals surface area contributed by atoms with Gasteiger partial charge in [-0.05, 0) is 25.1 Å². The van der Waals surface area contributed by atoms with Crippen LogP contribution in [0.2, 0.25) is 0 Å². The van der Waals surface area contributed by atoms with Crippen molar-refractivity contribution in [3.05, 3.63) is 47.5 Å². The van der Waals surface area contributed by atoms with Crippen molar-refractivity contribution in [3.63, 3.8) is 0 Å². The summed E-state index contributed by atoms with van der Waals surface area (Å²) in [5.74, 6) is -0.624. The van der Waals surface area contributed by atoms with Crippen molar-refractivity contribution in [2.24, 2.45) is 0 Å². The van der Waals surface area contributed by atoms with E-state index in [9.17, 15) is 15.0 Å². The number of benzene rings is 1. The third kappa shape index (κ3) is 2.98. The lowest BCUT2D eigenvalue weighted by atomic mass is 10.1. The number of hydrogen-bond donors (Lipinski definition) is 3. The molecule has 1 aromatic carbocycles. The van der Waals surface area contributed by atoms with Gasteiger partial charge in [-0.25, -0.2) is 9.97 Å². The number of nitrogens with one attached hydrogen (secondary N) is 1. The van der Waals surface area contributed by atoms with Gasteiger partial charge in [0.1, 0.15) is 5.82 Å². The summed E-state index contributed by atoms with van der Waals surface area (Å²) in [5, 5.41) is 21.5. The third-order valence-corrected chi connectivity index (χ3v) is 2.52. The molecule has 98 valence electrons. The van der Waals surface area contributed by atoms with Crippen LogP contribution in [0.15, 0.2) is 30.5 Å². The highest BCUT2D eigenvalue weighted by molar-refractivity contribution is 5.97. The first kappa shape index (κ1) is 12.8. The third-order valence-electron chi connectivity index (χ3n) is 2.52. The van der Waals surface area contributed by atoms with Gasteiger partial charge in [0.05, 0.1) is 17.8 Å². The van der Waals surface area contributed by atoms with E-state index in [-0.39, 0.29) is 17.9 Å². The van der Waals surface area contributed by atoms with Gasteiger partial charge in [0, 0.05) is 6.20 Å². The van der Waals surface area contributed by atoms with Crippen LogP contribution >= 0.6 is 0 Å². The zero-order valence-corrected chi connectivity index (χ0v) is 10.3. The number of carbonyl (C=O) groups is 1. The summed E-state index contributed by atoms with van der Waals surface area (Å²) in [7, 11) is 0. The Hall–Kier alpha value is -2.63. The van der Waals surface area contributed by atoms with Crippen LogP contribution in [0, 0.1) is 6.92 Å². The molecule has 1 amide bonds. The van der Waals surface area contributed by atoms with Gasteiger partial charge in [0.2, 0.25) is 0 Å². The van der Waals surface area contributed by atoms with E-state index in [1.807, 2.05) is 0 Å². The molecule has 0 aliphatic heterocycles. The second-order valence-electron chi connectivity index (χ2n) is 3.95. The van der Waals surface area contributed by atoms with E-state index >= 15 is 0 Å². The SMILES string of the molecule is Cc1nccc(CNC(=O)c2cccc(O)c2O)n1. The van der Waals surface area contributed by atoms with Gasteiger partial charge < -0.3 is 15.5 Å². The summed E-state index contributed by atoms with van der Waals surface area (Å²) in [5.41, 5.74) is 0.686. The predicted octanol–water partition coefficient (Wildman–Crippen LogP) is 1.13. The normalized spacial score (nSPS) is 10.2. The predicted molar refractivity (Wildman–Crippen MR) is 67.7 cm³/mol. The highest BCUT2D eigenvalue weighted by Gasteiger charge is 2.13. The Morgan fingerprint density at radius 1 is 1.32 bits per heavy atom. The van der Waals surface area contributed by atoms with Crippen molar-refractivity contribution in [1.29, 1.82) is 0 Å². The van der Waals surface area contributed by atoms with Crippen LogP contribution in [0.1, 0.15) is 21.9 Å². The molecule has 1 heterocycles. The van der Waals surface area contributed by atoms with Crippen LogP contribution in [0.3, 0.4) is 0 Å². The average molecular weight is 259 g/mol. The molecule has 6 heteroatoms. The number of aryl methyl sites for hydroxylation is 1. The minimum Gasteiger partial charge on any atom is -0.504 e. The number of aromatic nitrogens is 2. The number of para-hydroxylation sites is 1. The van der Waals surface area contributed by atoms with Gasteiger partial charge in [0.15, 0.2) is 11.5 Å². The average Bonchev–Trinajstić information content (AvgIpc) is 2.39. The molecule has 0 aliphatic carbocycles. The standard InChI is InChI=1S/C13H13N3O3/c1-8-14-6-5-9(16-8)7-15-13(19)10-3-2-4-11(17)12(10)18/h2-6,17-18H,7H2,1H3,(H,15,19). The fraction of sp³-hybridized carbons (Fsp3) is 0.154. The van der Waals surface area contributed by atoms with E-state index in [0.717, 1.165) is 0 Å². The summed E-state index contributed by atoms with van der Waals surface area (Å²) in [4.78, 5) is 19.9. The largest absolute Gasteiger partial charge is 0.504 e. The molecule has 19 heavy (non-hydrogen) atoms. The monoisotopic (exact) mass is 259 g/mol. The van der Waals surface area contributed by atoms with E-state index in [2.05, 4.69) is 15.3 Å². The van der Waals surface area contributed by atoms with E-state index in [1.165, 1.54) is 18.2 Å². The molecule has 6 nitrogen and oxygen atoms in total. The molecule has 2 rings (SSSR count). The maximum absolute atomic E-state index is 11.9. The van der Waals surface area contributed by atoms with Gasteiger partial charge in [0.25, 0.3) is 5.91 Å². The summed E-state index contributed by atoms with van der Waals surface area (Å²) in [6, 6.07) is 5.91. The molecule has 3 N–H and O–H groups in total. The maximum atomic E-state index is 11.9. The van der Waals surface area contributed by atoms with Crippen LogP contribution in [0.4, 0.5) is 0 Å². The molecule has 2 aromatic rings. The zero-order valence-electron chi connectivity index (χ0n) is 10.3. The Morgan fingerprint density at radius 2 is 2.11 bits per heavy atom. The fourth-order valence-corrected chi connectivity index (χ4v) is 1.58. The minimum absolute atomic E-state index is 0.0192. The van der Waals surface area contributed by atoms with Crippen LogP contribution in [-0.2, 0) is 6.54 Å². The molecule has 0 unspecified atom stereocenters. The van der Waals surface area contributed by atoms with Crippen molar-refractivity contribution >= 4 is 5.91 Å². The number of phenolic OH excluding ortho intramolecular Hbond substituents is 2. The first-order valence-electron chi connectivity index (χ1n) is 5.65. The van der Waals surface area contributed by atoms with Crippen molar-refractivity contribution in [1.82, 2.24) is 15.3 Å². The Kier molecular flexibility index (Phi) is 3.61. The number of rotatable bonds is 3. The highest BCUT2D eigenvalue weighted by atomic mass is 16.3. The molecule has 0 aliphatic rings. The molecule has 0 fully saturated rings. The lowest BCUT2D eigenvalue weighted by molar-refractivity contribution is 0.0947. The highest BCUT2D eigenvalue weighted by Crippen LogP contribution is 2.27. The Bertz CT molecular complexity index is 614. The second kappa shape index (κ2) is 5.34. The lowest BCUT2D eigenvalue weighted by Crippen LogP contribution is -2.23. The van der Waals surface area contributed by atoms with Gasteiger partial charge >= 0.3 is 0 Å². The van der Waals surface area contributed by atoms with E-state index in [1.54, 1.807) is 19.2 Å². The number of carbonyl (C=O) groups excluding carboxylic acids is 1. The topological polar surface area (TPSA) is 95.3 Å². The number of aromatic hydroxyl groups is 2. The molecule has 1 aromatic heterocycles. The zero-order chi connectivity index (χ0) is 13.8. The molecular weight excluding hydrogens is 246 g/mol. The molecule has 0 saturated carbocycles. The number of phenols is 2. The number of amides is 1. The first-order chi connectivity index (χ1) is 9.08. The number of hydrogen-bond acceptors (Lipinski definition) is 5. The molecular formula is C13H13N3O3. The number of nitrogens with zero attached hydrogens (tertiary/aromatic N) is 2. The Labute approximate surface area is 109 Å². The summed E-state index contributed by atoms with van der Waals surface area (Å²) in [6.07, 6.45) is 1.61. The fourth-order valence-electron chi connectivity index (χ4n) is 1.58. The van der Waals surface area contributed by atoms with E-state index < -0.39 is 11.7 Å². The van der Waals surface area contributed by atoms with Crippen LogP contribution < -0.4 is 5.32 Å². The van der Waals surface area contributed by atoms with Gasteiger partial charge in [-0.2, -0.15) is 0 Å². The van der Waals surface area contributed by atoms with Crippen molar-refractivity contribution < 1.29 is 15.0 Å². The van der Waals surface area contributed by atoms with Crippen LogP contribution in [-0.4, -0.2) is 26.1 Å². The quantitative estimate of drug-likeness (QED) is 0.718. The summed E-state index contributed by atoms with van der Waals surface area (Å²) in [6.45, 7) is 1.98. The second-order valence-corrected chi connectivity index (χ2v) is 3.95. The van der Waals surface area contributed by atoms with Crippen LogP contribution in [0.25, 0.3) is 0 Å². The van der Waals surface area contributed by atoms with E-state index in [4.69, 9.17) is 0 Å². The Morgan fingerprint density at radius 3 is 2.84 bits per heavy atom. The lowest BCUT2D eigenvalue weighted by Gasteiger charge is -2.07. The van der Waals surface area contributed by atoms with Gasteiger partial charge in [-0.3, -0.25) is 4.79 Å². The van der Waals surface area contributed by atoms with Crippen molar-refractivity contribution in [2.45, 2.75) is 13.5 Å². The molecule has 0 radical (unpaired) electrons. The molecule has 0 bridgehead atoms. The minimum atomic E-state index is -0.482. The van der Waals surface area contributed by atoms with Crippen molar-refractivity contribution in [2.75, 3.05) is 0 Å². The maximum Gasteiger partial charge on any atom is 0.255 e. The molecule has 0 saturated heterocycles. The summed E-state index contributed by atoms with van der Waals surface area (Å²) < 4.78 is 0. The van der Waals surface area contributed by atoms with Crippen molar-refractivity contribution in [3.8, 4) is 11.5 Å². The van der Waals surface area contributed by atoms with E-state index in [0.29, 0.717) is 11.5 Å². The smallest absolute Gasteiger partial charge is 0.255 e. The van der Waals surface area contributed by atoms with Crippen LogP contribution in [0.5, 0.6) is 11.5 Å². The Balaban J connectivity index is 2.08. The van der Waals surface area contributed by atoms with Gasteiger partial charge in [-0.15, -0.1) is 0 Å². The molecule has 0 atom stereocenters. The van der Waals surface area contributed by atoms with Gasteiger partial charge in [-0.1, -0.05) is 6.07 Å².